The SMILES string of the molecule is Cc1nnc2sc(-c3cccc(NC(=O)c4cc5c(cc4Cl)OCCO5)c3)nn12. The Morgan fingerprint density at radius 1 is 1.17 bits per heavy atom. The van der Waals surface area contributed by atoms with Crippen LogP contribution < -0.4 is 14.8 Å². The maximum Gasteiger partial charge on any atom is 0.257 e. The lowest BCUT2D eigenvalue weighted by molar-refractivity contribution is 0.102. The predicted molar refractivity (Wildman–Crippen MR) is 109 cm³/mol. The Morgan fingerprint density at radius 3 is 2.76 bits per heavy atom. The average Bonchev–Trinajstić information content (AvgIpc) is 3.30. The van der Waals surface area contributed by atoms with E-state index in [0.29, 0.717) is 41.0 Å². The average molecular weight is 428 g/mol. The Hall–Kier alpha value is -3.17. The number of hydrogen-bond acceptors (Lipinski definition) is 7. The summed E-state index contributed by atoms with van der Waals surface area (Å²) >= 11 is 7.70. The number of nitrogens with zero attached hydrogens (tertiary/aromatic N) is 4. The molecule has 0 spiro atoms. The summed E-state index contributed by atoms with van der Waals surface area (Å²) in [5.41, 5.74) is 1.81. The topological polar surface area (TPSA) is 90.6 Å². The maximum atomic E-state index is 12.8. The van der Waals surface area contributed by atoms with Crippen LogP contribution in [0.5, 0.6) is 11.5 Å². The van der Waals surface area contributed by atoms with Gasteiger partial charge >= 0.3 is 0 Å². The van der Waals surface area contributed by atoms with Crippen LogP contribution in [0, 0.1) is 6.92 Å². The van der Waals surface area contributed by atoms with Gasteiger partial charge in [-0.2, -0.15) is 9.61 Å². The van der Waals surface area contributed by atoms with Crippen LogP contribution in [-0.4, -0.2) is 38.9 Å². The van der Waals surface area contributed by atoms with Crippen LogP contribution in [0.4, 0.5) is 5.69 Å². The van der Waals surface area contributed by atoms with Crippen LogP contribution >= 0.6 is 22.9 Å². The lowest BCUT2D eigenvalue weighted by atomic mass is 10.1. The van der Waals surface area contributed by atoms with Gasteiger partial charge in [0.25, 0.3) is 5.91 Å². The Kier molecular flexibility index (Phi) is 4.33. The second-order valence-electron chi connectivity index (χ2n) is 6.36. The van der Waals surface area contributed by atoms with E-state index in [2.05, 4.69) is 20.6 Å². The summed E-state index contributed by atoms with van der Waals surface area (Å²) in [5, 5.41) is 16.6. The standard InChI is InChI=1S/C19H14ClN5O3S/c1-10-22-23-19-25(10)24-18(29-19)11-3-2-4-12(7-11)21-17(26)13-8-15-16(9-14(13)20)28-6-5-27-15/h2-4,7-9H,5-6H2,1H3,(H,21,26). The van der Waals surface area contributed by atoms with Gasteiger partial charge < -0.3 is 14.8 Å². The lowest BCUT2D eigenvalue weighted by Gasteiger charge is -2.19. The van der Waals surface area contributed by atoms with Gasteiger partial charge in [-0.25, -0.2) is 0 Å². The molecule has 5 rings (SSSR count). The number of benzene rings is 2. The van der Waals surface area contributed by atoms with Crippen molar-refractivity contribution in [3.8, 4) is 22.1 Å². The number of nitrogens with one attached hydrogen (secondary N) is 1. The number of carbonyl (C=O) groups excluding carboxylic acids is 1. The summed E-state index contributed by atoms with van der Waals surface area (Å²) in [6, 6.07) is 10.6. The van der Waals surface area contributed by atoms with Gasteiger partial charge in [-0.15, -0.1) is 10.2 Å². The van der Waals surface area contributed by atoms with Gasteiger partial charge in [0.1, 0.15) is 18.2 Å². The molecule has 2 aromatic carbocycles. The first-order valence-electron chi connectivity index (χ1n) is 8.78. The normalized spacial score (nSPS) is 12.9. The minimum atomic E-state index is -0.335. The molecule has 1 amide bonds. The number of aromatic nitrogens is 4. The van der Waals surface area contributed by atoms with E-state index in [1.807, 2.05) is 25.1 Å². The molecule has 146 valence electrons. The molecule has 1 aliphatic rings. The van der Waals surface area contributed by atoms with Crippen molar-refractivity contribution in [2.24, 2.45) is 0 Å². The number of fused-ring (bicyclic) bond motifs is 2. The zero-order valence-electron chi connectivity index (χ0n) is 15.2. The van der Waals surface area contributed by atoms with Crippen LogP contribution in [0.1, 0.15) is 16.2 Å². The number of hydrogen-bond donors (Lipinski definition) is 1. The van der Waals surface area contributed by atoms with E-state index < -0.39 is 0 Å². The van der Waals surface area contributed by atoms with Crippen LogP contribution in [-0.2, 0) is 0 Å². The molecule has 0 saturated carbocycles. The number of anilines is 1. The molecule has 0 atom stereocenters. The number of amides is 1. The van der Waals surface area contributed by atoms with E-state index in [0.717, 1.165) is 21.4 Å². The minimum Gasteiger partial charge on any atom is -0.486 e. The zero-order chi connectivity index (χ0) is 20.0. The second-order valence-corrected chi connectivity index (χ2v) is 7.72. The minimum absolute atomic E-state index is 0.298. The summed E-state index contributed by atoms with van der Waals surface area (Å²) < 4.78 is 12.7. The fraction of sp³-hybridized carbons (Fsp3) is 0.158. The van der Waals surface area contributed by atoms with E-state index >= 15 is 0 Å². The van der Waals surface area contributed by atoms with Crippen molar-refractivity contribution in [1.29, 1.82) is 0 Å². The van der Waals surface area contributed by atoms with Crippen molar-refractivity contribution in [1.82, 2.24) is 19.8 Å². The molecule has 3 heterocycles. The molecule has 29 heavy (non-hydrogen) atoms. The van der Waals surface area contributed by atoms with E-state index in [9.17, 15) is 4.79 Å². The molecule has 0 saturated heterocycles. The van der Waals surface area contributed by atoms with Crippen molar-refractivity contribution < 1.29 is 14.3 Å². The molecule has 1 N–H and O–H groups in total. The zero-order valence-corrected chi connectivity index (χ0v) is 16.8. The summed E-state index contributed by atoms with van der Waals surface area (Å²) in [7, 11) is 0. The van der Waals surface area contributed by atoms with Gasteiger partial charge in [-0.3, -0.25) is 4.79 Å². The number of rotatable bonds is 3. The molecular weight excluding hydrogens is 414 g/mol. The Bertz CT molecular complexity index is 1250. The van der Waals surface area contributed by atoms with E-state index in [1.165, 1.54) is 11.3 Å². The smallest absolute Gasteiger partial charge is 0.257 e. The summed E-state index contributed by atoms with van der Waals surface area (Å²) in [6.45, 7) is 2.74. The van der Waals surface area contributed by atoms with Crippen LogP contribution in [0.2, 0.25) is 5.02 Å². The molecule has 0 aliphatic carbocycles. The molecule has 4 aromatic rings. The summed E-state index contributed by atoms with van der Waals surface area (Å²) in [6.07, 6.45) is 0. The highest BCUT2D eigenvalue weighted by atomic mass is 35.5. The third-order valence-corrected chi connectivity index (χ3v) is 5.65. The number of halogens is 1. The largest absolute Gasteiger partial charge is 0.486 e. The van der Waals surface area contributed by atoms with Crippen LogP contribution in [0.15, 0.2) is 36.4 Å². The van der Waals surface area contributed by atoms with Crippen molar-refractivity contribution in [2.75, 3.05) is 18.5 Å². The Labute approximate surface area is 174 Å². The van der Waals surface area contributed by atoms with Crippen molar-refractivity contribution in [3.63, 3.8) is 0 Å². The van der Waals surface area contributed by atoms with Gasteiger partial charge in [0.05, 0.1) is 10.6 Å². The number of ether oxygens (including phenoxy) is 2. The third kappa shape index (κ3) is 3.28. The highest BCUT2D eigenvalue weighted by molar-refractivity contribution is 7.19. The maximum absolute atomic E-state index is 12.8. The van der Waals surface area contributed by atoms with E-state index in [1.54, 1.807) is 22.7 Å². The number of carbonyl (C=O) groups is 1. The van der Waals surface area contributed by atoms with E-state index in [-0.39, 0.29) is 5.91 Å². The molecule has 8 nitrogen and oxygen atoms in total. The first-order chi connectivity index (χ1) is 14.1. The molecule has 0 unspecified atom stereocenters. The second kappa shape index (κ2) is 7.02. The van der Waals surface area contributed by atoms with Crippen molar-refractivity contribution in [3.05, 3.63) is 52.8 Å². The molecule has 0 fully saturated rings. The van der Waals surface area contributed by atoms with Crippen LogP contribution in [0.3, 0.4) is 0 Å². The fourth-order valence-corrected chi connectivity index (χ4v) is 4.12. The molecule has 0 radical (unpaired) electrons. The van der Waals surface area contributed by atoms with Gasteiger partial charge in [0.15, 0.2) is 17.3 Å². The molecular formula is C19H14ClN5O3S. The van der Waals surface area contributed by atoms with E-state index in [4.69, 9.17) is 21.1 Å². The first-order valence-corrected chi connectivity index (χ1v) is 9.98. The molecule has 1 aliphatic heterocycles. The highest BCUT2D eigenvalue weighted by Crippen LogP contribution is 2.36. The molecule has 0 bridgehead atoms. The molecule has 10 heteroatoms. The predicted octanol–water partition coefficient (Wildman–Crippen LogP) is 3.84. The van der Waals surface area contributed by atoms with Crippen LogP contribution in [0.25, 0.3) is 15.5 Å². The third-order valence-electron chi connectivity index (χ3n) is 4.39. The van der Waals surface area contributed by atoms with Gasteiger partial charge in [0.2, 0.25) is 4.96 Å². The first kappa shape index (κ1) is 17.9. The highest BCUT2D eigenvalue weighted by Gasteiger charge is 2.19. The summed E-state index contributed by atoms with van der Waals surface area (Å²) in [5.74, 6) is 1.44. The Balaban J connectivity index is 1.42. The number of aryl methyl sites for hydroxylation is 1. The van der Waals surface area contributed by atoms with Crippen molar-refractivity contribution >= 4 is 39.5 Å². The lowest BCUT2D eigenvalue weighted by Crippen LogP contribution is -2.17. The summed E-state index contributed by atoms with van der Waals surface area (Å²) in [4.78, 5) is 13.5. The Morgan fingerprint density at radius 2 is 1.97 bits per heavy atom. The monoisotopic (exact) mass is 427 g/mol. The van der Waals surface area contributed by atoms with Gasteiger partial charge in [-0.05, 0) is 25.1 Å². The van der Waals surface area contributed by atoms with Gasteiger partial charge in [0, 0.05) is 17.3 Å². The quantitative estimate of drug-likeness (QED) is 0.534. The fourth-order valence-electron chi connectivity index (χ4n) is 3.00. The molecule has 2 aromatic heterocycles. The van der Waals surface area contributed by atoms with Crippen molar-refractivity contribution in [2.45, 2.75) is 6.92 Å². The van der Waals surface area contributed by atoms with Gasteiger partial charge in [-0.1, -0.05) is 35.1 Å².